The van der Waals surface area contributed by atoms with Crippen LogP contribution in [0.2, 0.25) is 0 Å². The molecule has 0 saturated heterocycles. The zero-order valence-corrected chi connectivity index (χ0v) is 11.7. The fraction of sp³-hybridized carbons (Fsp3) is 0.400. The number of nitrogens with one attached hydrogen (secondary N) is 1. The van der Waals surface area contributed by atoms with Crippen molar-refractivity contribution in [2.45, 2.75) is 41.5 Å². The quantitative estimate of drug-likeness (QED) is 0.727. The Kier molecular flexibility index (Phi) is 6.95. The number of aryl methyl sites for hydroxylation is 2. The van der Waals surface area contributed by atoms with Crippen LogP contribution in [0.15, 0.2) is 29.2 Å². The minimum absolute atomic E-state index is 0.123. The van der Waals surface area contributed by atoms with Crippen LogP contribution in [0.4, 0.5) is 0 Å². The van der Waals surface area contributed by atoms with Crippen LogP contribution >= 0.6 is 0 Å². The molecule has 1 N–H and O–H groups in total. The number of aromatic amines is 1. The SMILES string of the molecule is CC.CC.Cc1ccc2[nH]cc(C)c(=O)c2c1. The Bertz CT molecular complexity index is 507. The van der Waals surface area contributed by atoms with Crippen LogP contribution in [0.3, 0.4) is 0 Å². The normalized spacial score (nSPS) is 8.82. The summed E-state index contributed by atoms with van der Waals surface area (Å²) in [6, 6.07) is 5.85. The van der Waals surface area contributed by atoms with Gasteiger partial charge in [0.2, 0.25) is 0 Å². The molecule has 1 aromatic carbocycles. The Labute approximate surface area is 104 Å². The lowest BCUT2D eigenvalue weighted by atomic mass is 10.1. The number of benzene rings is 1. The lowest BCUT2D eigenvalue weighted by Gasteiger charge is -1.99. The van der Waals surface area contributed by atoms with Crippen molar-refractivity contribution in [3.8, 4) is 0 Å². The maximum atomic E-state index is 11.7. The van der Waals surface area contributed by atoms with E-state index in [-0.39, 0.29) is 5.43 Å². The largest absolute Gasteiger partial charge is 0.361 e. The van der Waals surface area contributed by atoms with E-state index in [1.807, 2.05) is 59.7 Å². The van der Waals surface area contributed by atoms with Crippen molar-refractivity contribution in [1.29, 1.82) is 0 Å². The highest BCUT2D eigenvalue weighted by Crippen LogP contribution is 2.09. The van der Waals surface area contributed by atoms with Gasteiger partial charge < -0.3 is 4.98 Å². The molecule has 0 aliphatic carbocycles. The molecule has 0 bridgehead atoms. The van der Waals surface area contributed by atoms with E-state index in [1.165, 1.54) is 0 Å². The molecule has 0 radical (unpaired) electrons. The van der Waals surface area contributed by atoms with Crippen molar-refractivity contribution in [2.24, 2.45) is 0 Å². The third kappa shape index (κ3) is 3.74. The molecule has 0 unspecified atom stereocenters. The monoisotopic (exact) mass is 233 g/mol. The first kappa shape index (κ1) is 15.4. The number of H-pyrrole nitrogens is 1. The van der Waals surface area contributed by atoms with Crippen LogP contribution in [-0.2, 0) is 0 Å². The van der Waals surface area contributed by atoms with Crippen LogP contribution in [0.5, 0.6) is 0 Å². The zero-order valence-electron chi connectivity index (χ0n) is 11.7. The lowest BCUT2D eigenvalue weighted by Crippen LogP contribution is -2.05. The average molecular weight is 233 g/mol. The molecule has 1 aromatic heterocycles. The first-order chi connectivity index (χ1) is 8.18. The molecule has 0 aliphatic heterocycles. The Morgan fingerprint density at radius 3 is 2.18 bits per heavy atom. The topological polar surface area (TPSA) is 32.9 Å². The fourth-order valence-corrected chi connectivity index (χ4v) is 1.44. The van der Waals surface area contributed by atoms with E-state index in [0.717, 1.165) is 22.0 Å². The van der Waals surface area contributed by atoms with E-state index in [2.05, 4.69) is 4.98 Å². The summed E-state index contributed by atoms with van der Waals surface area (Å²) in [6.45, 7) is 11.8. The van der Waals surface area contributed by atoms with Gasteiger partial charge in [0.1, 0.15) is 0 Å². The van der Waals surface area contributed by atoms with Gasteiger partial charge in [-0.3, -0.25) is 4.79 Å². The summed E-state index contributed by atoms with van der Waals surface area (Å²) in [5, 5.41) is 0.778. The predicted molar refractivity (Wildman–Crippen MR) is 76.7 cm³/mol. The van der Waals surface area contributed by atoms with Crippen LogP contribution in [-0.4, -0.2) is 4.98 Å². The Morgan fingerprint density at radius 1 is 1.00 bits per heavy atom. The van der Waals surface area contributed by atoms with Gasteiger partial charge in [-0.25, -0.2) is 0 Å². The summed E-state index contributed by atoms with van der Waals surface area (Å²) < 4.78 is 0. The Balaban J connectivity index is 0.000000581. The first-order valence-corrected chi connectivity index (χ1v) is 6.27. The van der Waals surface area contributed by atoms with E-state index in [1.54, 1.807) is 6.20 Å². The second kappa shape index (κ2) is 7.66. The average Bonchev–Trinajstić information content (AvgIpc) is 2.39. The molecule has 0 fully saturated rings. The van der Waals surface area contributed by atoms with Crippen molar-refractivity contribution in [2.75, 3.05) is 0 Å². The van der Waals surface area contributed by atoms with E-state index < -0.39 is 0 Å². The fourth-order valence-electron chi connectivity index (χ4n) is 1.44. The smallest absolute Gasteiger partial charge is 0.192 e. The van der Waals surface area contributed by atoms with Gasteiger partial charge in [-0.05, 0) is 26.0 Å². The summed E-state index contributed by atoms with van der Waals surface area (Å²) in [5.74, 6) is 0. The van der Waals surface area contributed by atoms with Crippen LogP contribution in [0.25, 0.3) is 10.9 Å². The lowest BCUT2D eigenvalue weighted by molar-refractivity contribution is 1.29. The van der Waals surface area contributed by atoms with Crippen LogP contribution in [0.1, 0.15) is 38.8 Å². The predicted octanol–water partition coefficient (Wildman–Crippen LogP) is 4.20. The first-order valence-electron chi connectivity index (χ1n) is 6.27. The summed E-state index contributed by atoms with van der Waals surface area (Å²) in [4.78, 5) is 14.7. The molecule has 0 amide bonds. The van der Waals surface area contributed by atoms with Crippen molar-refractivity contribution in [3.63, 3.8) is 0 Å². The number of rotatable bonds is 0. The van der Waals surface area contributed by atoms with Gasteiger partial charge in [0.15, 0.2) is 5.43 Å². The maximum Gasteiger partial charge on any atom is 0.192 e. The minimum atomic E-state index is 0.123. The van der Waals surface area contributed by atoms with Gasteiger partial charge in [0.05, 0.1) is 0 Å². The van der Waals surface area contributed by atoms with E-state index >= 15 is 0 Å². The van der Waals surface area contributed by atoms with E-state index in [0.29, 0.717) is 0 Å². The van der Waals surface area contributed by atoms with Crippen LogP contribution in [0, 0.1) is 13.8 Å². The number of aromatic nitrogens is 1. The summed E-state index contributed by atoms with van der Waals surface area (Å²) >= 11 is 0. The van der Waals surface area contributed by atoms with Gasteiger partial charge >= 0.3 is 0 Å². The molecular formula is C15H23NO. The van der Waals surface area contributed by atoms with Crippen molar-refractivity contribution in [3.05, 3.63) is 45.7 Å². The second-order valence-electron chi connectivity index (χ2n) is 3.35. The zero-order chi connectivity index (χ0) is 13.4. The third-order valence-electron chi connectivity index (χ3n) is 2.22. The molecule has 0 spiro atoms. The van der Waals surface area contributed by atoms with Gasteiger partial charge in [-0.15, -0.1) is 0 Å². The summed E-state index contributed by atoms with van der Waals surface area (Å²) in [6.07, 6.45) is 1.75. The molecule has 0 aliphatic rings. The Hall–Kier alpha value is -1.57. The number of hydrogen-bond donors (Lipinski definition) is 1. The number of hydrogen-bond acceptors (Lipinski definition) is 1. The van der Waals surface area contributed by atoms with Gasteiger partial charge in [-0.2, -0.15) is 0 Å². The highest BCUT2D eigenvalue weighted by molar-refractivity contribution is 5.79. The summed E-state index contributed by atoms with van der Waals surface area (Å²) in [5.41, 5.74) is 2.90. The third-order valence-corrected chi connectivity index (χ3v) is 2.22. The highest BCUT2D eigenvalue weighted by atomic mass is 16.1. The molecule has 2 aromatic rings. The standard InChI is InChI=1S/C11H11NO.2C2H6/c1-7-3-4-10-9(5-7)11(13)8(2)6-12-10;2*1-2/h3-6H,1-2H3,(H,12,13);2*1-2H3. The highest BCUT2D eigenvalue weighted by Gasteiger charge is 2.00. The molecule has 2 rings (SSSR count). The molecule has 0 saturated carbocycles. The van der Waals surface area contributed by atoms with Gasteiger partial charge in [0.25, 0.3) is 0 Å². The Morgan fingerprint density at radius 2 is 1.59 bits per heavy atom. The van der Waals surface area contributed by atoms with Gasteiger partial charge in [-0.1, -0.05) is 39.3 Å². The van der Waals surface area contributed by atoms with Crippen molar-refractivity contribution in [1.82, 2.24) is 4.98 Å². The second-order valence-corrected chi connectivity index (χ2v) is 3.35. The number of fused-ring (bicyclic) bond motifs is 1. The molecule has 1 heterocycles. The molecule has 17 heavy (non-hydrogen) atoms. The van der Waals surface area contributed by atoms with Crippen molar-refractivity contribution < 1.29 is 0 Å². The molecule has 2 nitrogen and oxygen atoms in total. The maximum absolute atomic E-state index is 11.7. The minimum Gasteiger partial charge on any atom is -0.361 e. The number of pyridine rings is 1. The molecular weight excluding hydrogens is 210 g/mol. The van der Waals surface area contributed by atoms with E-state index in [9.17, 15) is 4.79 Å². The van der Waals surface area contributed by atoms with Crippen LogP contribution < -0.4 is 5.43 Å². The molecule has 94 valence electrons. The van der Waals surface area contributed by atoms with E-state index in [4.69, 9.17) is 0 Å². The summed E-state index contributed by atoms with van der Waals surface area (Å²) in [7, 11) is 0. The van der Waals surface area contributed by atoms with Crippen molar-refractivity contribution >= 4 is 10.9 Å². The molecule has 0 atom stereocenters. The van der Waals surface area contributed by atoms with Gasteiger partial charge in [0, 0.05) is 22.7 Å². The molecule has 2 heteroatoms.